The molecule has 1 N–H and O–H groups in total. The maximum atomic E-state index is 12.2. The zero-order valence-electron chi connectivity index (χ0n) is 17.7. The average molecular weight is 440 g/mol. The molecule has 3 aromatic rings. The molecule has 0 unspecified atom stereocenters. The number of aromatic nitrogens is 2. The first-order valence-electron chi connectivity index (χ1n) is 10.2. The van der Waals surface area contributed by atoms with Gasteiger partial charge in [0.15, 0.2) is 17.0 Å². The number of methoxy groups -OCH3 is 1. The highest BCUT2D eigenvalue weighted by Gasteiger charge is 2.19. The smallest absolute Gasteiger partial charge is 0.311 e. The van der Waals surface area contributed by atoms with E-state index in [4.69, 9.17) is 9.47 Å². The number of carbonyl (C=O) groups is 1. The highest BCUT2D eigenvalue weighted by Crippen LogP contribution is 2.30. The van der Waals surface area contributed by atoms with Crippen LogP contribution in [0.4, 0.5) is 11.4 Å². The number of allylic oxidation sites excluding steroid dienone is 1. The number of anilines is 1. The van der Waals surface area contributed by atoms with E-state index in [9.17, 15) is 14.9 Å². The van der Waals surface area contributed by atoms with Crippen molar-refractivity contribution in [3.05, 3.63) is 58.7 Å². The van der Waals surface area contributed by atoms with Crippen LogP contribution in [0.5, 0.6) is 11.5 Å². The number of non-ortho nitro benzene ring substituents is 1. The summed E-state index contributed by atoms with van der Waals surface area (Å²) in [6.45, 7) is 4.31. The van der Waals surface area contributed by atoms with E-state index >= 15 is 0 Å². The summed E-state index contributed by atoms with van der Waals surface area (Å²) in [5.74, 6) is 0.590. The van der Waals surface area contributed by atoms with Gasteiger partial charge in [-0.25, -0.2) is 4.63 Å². The monoisotopic (exact) mass is 440 g/mol. The molecular formula is C22H24N4O6. The first-order valence-corrected chi connectivity index (χ1v) is 10.2. The molecule has 168 valence electrons. The van der Waals surface area contributed by atoms with Crippen LogP contribution in [-0.4, -0.2) is 34.9 Å². The lowest BCUT2D eigenvalue weighted by Gasteiger charge is -2.10. The van der Waals surface area contributed by atoms with Crippen LogP contribution >= 0.6 is 0 Å². The maximum absolute atomic E-state index is 12.2. The number of rotatable bonds is 12. The lowest BCUT2D eigenvalue weighted by molar-refractivity contribution is -0.383. The Labute approximate surface area is 184 Å². The zero-order chi connectivity index (χ0) is 22.9. The van der Waals surface area contributed by atoms with Gasteiger partial charge < -0.3 is 14.8 Å². The number of fused-ring (bicyclic) bond motifs is 1. The van der Waals surface area contributed by atoms with Crippen LogP contribution in [0.15, 0.2) is 47.6 Å². The van der Waals surface area contributed by atoms with Gasteiger partial charge in [-0.2, -0.15) is 0 Å². The van der Waals surface area contributed by atoms with Crippen molar-refractivity contribution in [2.75, 3.05) is 19.0 Å². The SMILES string of the molecule is C=CCc1ccc(OC(=O)CCCCCNc2ccc([N+](=O)[O-])c3nonc23)c(OC)c1. The van der Waals surface area contributed by atoms with Crippen molar-refractivity contribution in [2.24, 2.45) is 0 Å². The van der Waals surface area contributed by atoms with Crippen LogP contribution in [0.1, 0.15) is 31.2 Å². The van der Waals surface area contributed by atoms with E-state index in [2.05, 4.69) is 26.8 Å². The Balaban J connectivity index is 1.42. The topological polar surface area (TPSA) is 130 Å². The van der Waals surface area contributed by atoms with Gasteiger partial charge in [0.05, 0.1) is 17.7 Å². The summed E-state index contributed by atoms with van der Waals surface area (Å²) in [6.07, 6.45) is 5.03. The minimum atomic E-state index is -0.527. The molecule has 0 spiro atoms. The minimum absolute atomic E-state index is 0.107. The lowest BCUT2D eigenvalue weighted by atomic mass is 10.1. The third kappa shape index (κ3) is 5.60. The van der Waals surface area contributed by atoms with Crippen LogP contribution in [-0.2, 0) is 11.2 Å². The number of hydrogen-bond acceptors (Lipinski definition) is 9. The van der Waals surface area contributed by atoms with E-state index < -0.39 is 4.92 Å². The molecular weight excluding hydrogens is 416 g/mol. The summed E-state index contributed by atoms with van der Waals surface area (Å²) >= 11 is 0. The Morgan fingerprint density at radius 1 is 1.19 bits per heavy atom. The Hall–Kier alpha value is -3.95. The number of esters is 1. The Morgan fingerprint density at radius 2 is 2.00 bits per heavy atom. The second-order valence-electron chi connectivity index (χ2n) is 7.04. The van der Waals surface area contributed by atoms with Crippen molar-refractivity contribution in [1.82, 2.24) is 10.3 Å². The quantitative estimate of drug-likeness (QED) is 0.108. The molecule has 0 saturated heterocycles. The molecule has 10 nitrogen and oxygen atoms in total. The summed E-state index contributed by atoms with van der Waals surface area (Å²) < 4.78 is 15.4. The van der Waals surface area contributed by atoms with Gasteiger partial charge in [-0.1, -0.05) is 18.6 Å². The second-order valence-corrected chi connectivity index (χ2v) is 7.04. The van der Waals surface area contributed by atoms with E-state index in [1.54, 1.807) is 18.2 Å². The van der Waals surface area contributed by atoms with E-state index in [1.807, 2.05) is 12.1 Å². The van der Waals surface area contributed by atoms with Crippen molar-refractivity contribution >= 4 is 28.4 Å². The number of nitro benzene ring substituents is 1. The number of benzene rings is 2. The molecule has 0 aliphatic carbocycles. The molecule has 1 aromatic heterocycles. The van der Waals surface area contributed by atoms with Crippen molar-refractivity contribution in [3.63, 3.8) is 0 Å². The van der Waals surface area contributed by atoms with Gasteiger partial charge in [-0.3, -0.25) is 14.9 Å². The van der Waals surface area contributed by atoms with Gasteiger partial charge in [0.1, 0.15) is 0 Å². The predicted molar refractivity (Wildman–Crippen MR) is 118 cm³/mol. The van der Waals surface area contributed by atoms with Crippen molar-refractivity contribution in [1.29, 1.82) is 0 Å². The molecule has 0 bridgehead atoms. The van der Waals surface area contributed by atoms with Crippen LogP contribution < -0.4 is 14.8 Å². The number of unbranched alkanes of at least 4 members (excludes halogenated alkanes) is 2. The van der Waals surface area contributed by atoms with E-state index in [-0.39, 0.29) is 23.6 Å². The van der Waals surface area contributed by atoms with Crippen LogP contribution in [0, 0.1) is 10.1 Å². The van der Waals surface area contributed by atoms with Gasteiger partial charge in [0.2, 0.25) is 5.52 Å². The molecule has 0 saturated carbocycles. The van der Waals surface area contributed by atoms with E-state index in [0.717, 1.165) is 18.4 Å². The van der Waals surface area contributed by atoms with Gasteiger partial charge in [0.25, 0.3) is 0 Å². The summed E-state index contributed by atoms with van der Waals surface area (Å²) in [4.78, 5) is 22.7. The van der Waals surface area contributed by atoms with E-state index in [0.29, 0.717) is 42.1 Å². The van der Waals surface area contributed by atoms with Gasteiger partial charge in [-0.05, 0) is 53.3 Å². The van der Waals surface area contributed by atoms with E-state index in [1.165, 1.54) is 13.2 Å². The highest BCUT2D eigenvalue weighted by molar-refractivity contribution is 5.93. The van der Waals surface area contributed by atoms with Gasteiger partial charge in [0, 0.05) is 19.0 Å². The van der Waals surface area contributed by atoms with Crippen LogP contribution in [0.25, 0.3) is 11.0 Å². The predicted octanol–water partition coefficient (Wildman–Crippen LogP) is 4.45. The molecule has 0 radical (unpaired) electrons. The fourth-order valence-corrected chi connectivity index (χ4v) is 3.20. The largest absolute Gasteiger partial charge is 0.493 e. The Morgan fingerprint density at radius 3 is 2.75 bits per heavy atom. The first-order chi connectivity index (χ1) is 15.5. The summed E-state index contributed by atoms with van der Waals surface area (Å²) in [5, 5.41) is 21.6. The third-order valence-electron chi connectivity index (χ3n) is 4.80. The van der Waals surface area contributed by atoms with Gasteiger partial charge in [-0.15, -0.1) is 6.58 Å². The third-order valence-corrected chi connectivity index (χ3v) is 4.80. The number of nitrogens with zero attached hydrogens (tertiary/aromatic N) is 3. The molecule has 0 aliphatic heterocycles. The van der Waals surface area contributed by atoms with Crippen molar-refractivity contribution in [2.45, 2.75) is 32.1 Å². The molecule has 3 rings (SSSR count). The minimum Gasteiger partial charge on any atom is -0.493 e. The molecule has 32 heavy (non-hydrogen) atoms. The molecule has 10 heteroatoms. The average Bonchev–Trinajstić information content (AvgIpc) is 3.27. The number of nitrogens with one attached hydrogen (secondary N) is 1. The Bertz CT molecular complexity index is 1110. The first kappa shape index (κ1) is 22.7. The van der Waals surface area contributed by atoms with Gasteiger partial charge >= 0.3 is 11.7 Å². The molecule has 0 atom stereocenters. The van der Waals surface area contributed by atoms with Crippen LogP contribution in [0.2, 0.25) is 0 Å². The lowest BCUT2D eigenvalue weighted by Crippen LogP contribution is -2.09. The Kier molecular flexibility index (Phi) is 7.74. The molecule has 2 aromatic carbocycles. The summed E-state index contributed by atoms with van der Waals surface area (Å²) in [5.41, 5.74) is 1.90. The summed E-state index contributed by atoms with van der Waals surface area (Å²) in [6, 6.07) is 8.37. The number of carbonyl (C=O) groups excluding carboxylic acids is 1. The fraction of sp³-hybridized carbons (Fsp3) is 0.318. The number of hydrogen-bond donors (Lipinski definition) is 1. The molecule has 0 aliphatic rings. The normalized spacial score (nSPS) is 10.7. The molecule has 0 fully saturated rings. The fourth-order valence-electron chi connectivity index (χ4n) is 3.20. The highest BCUT2D eigenvalue weighted by atomic mass is 16.6. The van der Waals surface area contributed by atoms with Crippen molar-refractivity contribution < 1.29 is 23.8 Å². The summed E-state index contributed by atoms with van der Waals surface area (Å²) in [7, 11) is 1.53. The standard InChI is InChI=1S/C22H24N4O6/c1-3-7-15-9-12-18(19(14-15)30-2)31-20(27)8-5-4-6-13-23-16-10-11-17(26(28)29)22-21(16)24-32-25-22/h3,9-12,14,23H,1,4-8,13H2,2H3. The maximum Gasteiger partial charge on any atom is 0.311 e. The number of nitro groups is 1. The number of ether oxygens (including phenoxy) is 2. The van der Waals surface area contributed by atoms with Crippen molar-refractivity contribution in [3.8, 4) is 11.5 Å². The van der Waals surface area contributed by atoms with Crippen LogP contribution in [0.3, 0.4) is 0 Å². The zero-order valence-corrected chi connectivity index (χ0v) is 17.7. The molecule has 1 heterocycles. The second kappa shape index (κ2) is 10.9. The molecule has 0 amide bonds.